The molecule has 2 aliphatic rings. The van der Waals surface area contributed by atoms with E-state index in [1.165, 1.54) is 11.8 Å². The highest BCUT2D eigenvalue weighted by molar-refractivity contribution is 5.95. The van der Waals surface area contributed by atoms with E-state index in [4.69, 9.17) is 4.74 Å². The number of amides is 4. The second-order valence-corrected chi connectivity index (χ2v) is 7.61. The molecule has 160 valence electrons. The molecule has 1 aliphatic carbocycles. The summed E-state index contributed by atoms with van der Waals surface area (Å²) in [6.07, 6.45) is 8.46. The number of hydrogen-bond donors (Lipinski definition) is 2. The average Bonchev–Trinajstić information content (AvgIpc) is 2.73. The minimum Gasteiger partial charge on any atom is -0.455 e. The standard InChI is InChI=1S/C22H27N3O5/c1-15(26)25-12-11-16-7-5-6-10-18(16)19(25)13-21(28)30-14-20(27)24-22(29)23-17-8-3-2-4-9-17/h5-7,10-12,17,19H,2-4,8-9,13-14H2,1H3,(H2,23,24,27,29)/t19-/m0/s1. The van der Waals surface area contributed by atoms with Gasteiger partial charge in [-0.15, -0.1) is 0 Å². The zero-order valence-corrected chi connectivity index (χ0v) is 17.1. The number of urea groups is 1. The summed E-state index contributed by atoms with van der Waals surface area (Å²) < 4.78 is 5.05. The summed E-state index contributed by atoms with van der Waals surface area (Å²) in [4.78, 5) is 49.6. The third-order valence-electron chi connectivity index (χ3n) is 5.39. The van der Waals surface area contributed by atoms with Gasteiger partial charge in [0.05, 0.1) is 12.5 Å². The average molecular weight is 413 g/mol. The molecule has 30 heavy (non-hydrogen) atoms. The molecule has 8 nitrogen and oxygen atoms in total. The van der Waals surface area contributed by atoms with E-state index in [2.05, 4.69) is 10.6 Å². The van der Waals surface area contributed by atoms with Crippen LogP contribution in [0.2, 0.25) is 0 Å². The zero-order valence-electron chi connectivity index (χ0n) is 17.1. The molecule has 1 aliphatic heterocycles. The summed E-state index contributed by atoms with van der Waals surface area (Å²) in [5.74, 6) is -1.51. The van der Waals surface area contributed by atoms with Crippen LogP contribution in [-0.2, 0) is 19.1 Å². The van der Waals surface area contributed by atoms with Crippen molar-refractivity contribution in [3.63, 3.8) is 0 Å². The second kappa shape index (κ2) is 10.0. The maximum absolute atomic E-state index is 12.3. The van der Waals surface area contributed by atoms with Gasteiger partial charge >= 0.3 is 12.0 Å². The lowest BCUT2D eigenvalue weighted by Crippen LogP contribution is -2.46. The fraction of sp³-hybridized carbons (Fsp3) is 0.455. The number of imide groups is 1. The van der Waals surface area contributed by atoms with Crippen LogP contribution >= 0.6 is 0 Å². The van der Waals surface area contributed by atoms with Gasteiger partial charge < -0.3 is 15.0 Å². The van der Waals surface area contributed by atoms with Crippen LogP contribution in [0.3, 0.4) is 0 Å². The quantitative estimate of drug-likeness (QED) is 0.722. The van der Waals surface area contributed by atoms with Crippen molar-refractivity contribution in [3.8, 4) is 0 Å². The fourth-order valence-electron chi connectivity index (χ4n) is 3.91. The molecule has 1 atom stereocenters. The van der Waals surface area contributed by atoms with Crippen molar-refractivity contribution in [1.29, 1.82) is 0 Å². The van der Waals surface area contributed by atoms with Crippen LogP contribution in [0.25, 0.3) is 6.08 Å². The van der Waals surface area contributed by atoms with Crippen molar-refractivity contribution >= 4 is 29.9 Å². The molecule has 3 rings (SSSR count). The van der Waals surface area contributed by atoms with Gasteiger partial charge in [0.2, 0.25) is 5.91 Å². The molecular formula is C22H27N3O5. The van der Waals surface area contributed by atoms with Crippen molar-refractivity contribution < 1.29 is 23.9 Å². The summed E-state index contributed by atoms with van der Waals surface area (Å²) in [7, 11) is 0. The molecule has 1 aromatic rings. The number of ether oxygens (including phenoxy) is 1. The predicted octanol–water partition coefficient (Wildman–Crippen LogP) is 2.65. The Kier molecular flexibility index (Phi) is 7.21. The molecule has 1 aromatic carbocycles. The number of nitrogens with zero attached hydrogens (tertiary/aromatic N) is 1. The minimum absolute atomic E-state index is 0.0751. The molecule has 1 saturated carbocycles. The van der Waals surface area contributed by atoms with Gasteiger partial charge in [0.15, 0.2) is 6.61 Å². The molecule has 8 heteroatoms. The van der Waals surface area contributed by atoms with Crippen molar-refractivity contribution in [2.45, 2.75) is 57.5 Å². The summed E-state index contributed by atoms with van der Waals surface area (Å²) in [5.41, 5.74) is 1.76. The van der Waals surface area contributed by atoms with Gasteiger partial charge in [-0.1, -0.05) is 43.5 Å². The van der Waals surface area contributed by atoms with Crippen LogP contribution in [0.1, 0.15) is 62.6 Å². The van der Waals surface area contributed by atoms with Crippen LogP contribution in [0.15, 0.2) is 30.5 Å². The number of rotatable bonds is 5. The van der Waals surface area contributed by atoms with E-state index in [0.29, 0.717) is 0 Å². The van der Waals surface area contributed by atoms with Crippen LogP contribution in [0.4, 0.5) is 4.79 Å². The lowest BCUT2D eigenvalue weighted by atomic mass is 9.94. The molecule has 0 unspecified atom stereocenters. The number of esters is 1. The molecule has 1 heterocycles. The van der Waals surface area contributed by atoms with Gasteiger partial charge in [0.1, 0.15) is 0 Å². The Hall–Kier alpha value is -3.16. The summed E-state index contributed by atoms with van der Waals surface area (Å²) in [5, 5.41) is 4.96. The summed E-state index contributed by atoms with van der Waals surface area (Å²) >= 11 is 0. The summed E-state index contributed by atoms with van der Waals surface area (Å²) in [6, 6.07) is 6.48. The molecule has 0 spiro atoms. The van der Waals surface area contributed by atoms with Gasteiger partial charge in [-0.2, -0.15) is 0 Å². The maximum atomic E-state index is 12.3. The molecule has 0 aromatic heterocycles. The van der Waals surface area contributed by atoms with Crippen LogP contribution in [0.5, 0.6) is 0 Å². The predicted molar refractivity (Wildman–Crippen MR) is 110 cm³/mol. The number of carbonyl (C=O) groups is 4. The van der Waals surface area contributed by atoms with Crippen molar-refractivity contribution in [3.05, 3.63) is 41.6 Å². The Morgan fingerprint density at radius 2 is 1.83 bits per heavy atom. The molecule has 0 bridgehead atoms. The van der Waals surface area contributed by atoms with E-state index >= 15 is 0 Å². The largest absolute Gasteiger partial charge is 0.455 e. The highest BCUT2D eigenvalue weighted by atomic mass is 16.5. The molecular weight excluding hydrogens is 386 g/mol. The Morgan fingerprint density at radius 3 is 2.57 bits per heavy atom. The zero-order chi connectivity index (χ0) is 21.5. The number of hydrogen-bond acceptors (Lipinski definition) is 5. The number of nitrogens with one attached hydrogen (secondary N) is 2. The van der Waals surface area contributed by atoms with Crippen molar-refractivity contribution in [1.82, 2.24) is 15.5 Å². The van der Waals surface area contributed by atoms with Crippen LogP contribution in [0, 0.1) is 0 Å². The van der Waals surface area contributed by atoms with E-state index in [9.17, 15) is 19.2 Å². The van der Waals surface area contributed by atoms with E-state index in [0.717, 1.165) is 43.2 Å². The number of fused-ring (bicyclic) bond motifs is 1. The third-order valence-corrected chi connectivity index (χ3v) is 5.39. The van der Waals surface area contributed by atoms with Gasteiger partial charge in [0, 0.05) is 19.2 Å². The molecule has 2 N–H and O–H groups in total. The highest BCUT2D eigenvalue weighted by Crippen LogP contribution is 2.33. The first-order valence-corrected chi connectivity index (χ1v) is 10.3. The number of carbonyl (C=O) groups excluding carboxylic acids is 4. The Labute approximate surface area is 175 Å². The van der Waals surface area contributed by atoms with E-state index in [1.54, 1.807) is 6.20 Å². The molecule has 1 fully saturated rings. The Balaban J connectivity index is 1.49. The molecule has 4 amide bonds. The Bertz CT molecular complexity index is 845. The van der Waals surface area contributed by atoms with E-state index in [1.807, 2.05) is 30.3 Å². The normalized spacial score (nSPS) is 18.3. The van der Waals surface area contributed by atoms with Gasteiger partial charge in [-0.05, 0) is 30.0 Å². The first-order valence-electron chi connectivity index (χ1n) is 10.3. The monoisotopic (exact) mass is 413 g/mol. The smallest absolute Gasteiger partial charge is 0.321 e. The third kappa shape index (κ3) is 5.68. The lowest BCUT2D eigenvalue weighted by Gasteiger charge is -2.32. The number of benzene rings is 1. The van der Waals surface area contributed by atoms with E-state index < -0.39 is 30.6 Å². The van der Waals surface area contributed by atoms with Crippen molar-refractivity contribution in [2.75, 3.05) is 6.61 Å². The van der Waals surface area contributed by atoms with Gasteiger partial charge in [-0.25, -0.2) is 4.79 Å². The SMILES string of the molecule is CC(=O)N1C=Cc2ccccc2[C@@H]1CC(=O)OCC(=O)NC(=O)NC1CCCCC1. The van der Waals surface area contributed by atoms with Crippen LogP contribution in [-0.4, -0.2) is 41.4 Å². The minimum atomic E-state index is -0.691. The molecule has 0 radical (unpaired) electrons. The Morgan fingerprint density at radius 1 is 1.10 bits per heavy atom. The lowest BCUT2D eigenvalue weighted by molar-refractivity contribution is -0.150. The second-order valence-electron chi connectivity index (χ2n) is 7.61. The topological polar surface area (TPSA) is 105 Å². The summed E-state index contributed by atoms with van der Waals surface area (Å²) in [6.45, 7) is 0.871. The highest BCUT2D eigenvalue weighted by Gasteiger charge is 2.29. The van der Waals surface area contributed by atoms with Crippen LogP contribution < -0.4 is 10.6 Å². The maximum Gasteiger partial charge on any atom is 0.321 e. The van der Waals surface area contributed by atoms with Crippen molar-refractivity contribution in [2.24, 2.45) is 0 Å². The molecule has 0 saturated heterocycles. The van der Waals surface area contributed by atoms with Gasteiger partial charge in [0.25, 0.3) is 5.91 Å². The first kappa shape index (κ1) is 21.5. The van der Waals surface area contributed by atoms with Gasteiger partial charge in [-0.3, -0.25) is 19.7 Å². The van der Waals surface area contributed by atoms with E-state index in [-0.39, 0.29) is 18.4 Å². The first-order chi connectivity index (χ1) is 14.4. The fourth-order valence-corrected chi connectivity index (χ4v) is 3.91.